The summed E-state index contributed by atoms with van der Waals surface area (Å²) in [6, 6.07) is 0. The van der Waals surface area contributed by atoms with Gasteiger partial charge in [-0.1, -0.05) is 13.0 Å². The van der Waals surface area contributed by atoms with Gasteiger partial charge >= 0.3 is 11.9 Å². The number of carbonyl (C=O) groups is 2. The van der Waals surface area contributed by atoms with E-state index in [-0.39, 0.29) is 18.0 Å². The molecule has 0 radical (unpaired) electrons. The van der Waals surface area contributed by atoms with Crippen molar-refractivity contribution in [2.75, 3.05) is 6.61 Å². The normalized spacial score (nSPS) is 15.7. The number of rotatable bonds is 8. The van der Waals surface area contributed by atoms with E-state index in [9.17, 15) is 9.59 Å². The second kappa shape index (κ2) is 9.56. The first-order valence-electron chi connectivity index (χ1n) is 7.61. The van der Waals surface area contributed by atoms with Gasteiger partial charge in [-0.25, -0.2) is 4.79 Å². The summed E-state index contributed by atoms with van der Waals surface area (Å²) in [5.74, 6) is -0.433. The monoisotopic (exact) mass is 282 g/mol. The summed E-state index contributed by atoms with van der Waals surface area (Å²) in [6.45, 7) is 5.53. The lowest BCUT2D eigenvalue weighted by atomic mass is 9.98. The number of esters is 2. The van der Waals surface area contributed by atoms with Crippen LogP contribution in [0.2, 0.25) is 0 Å². The molecule has 0 unspecified atom stereocenters. The molecule has 4 heteroatoms. The summed E-state index contributed by atoms with van der Waals surface area (Å²) < 4.78 is 10.4. The summed E-state index contributed by atoms with van der Waals surface area (Å²) in [5.41, 5.74) is 0.418. The molecule has 1 aliphatic rings. The summed E-state index contributed by atoms with van der Waals surface area (Å²) >= 11 is 0. The van der Waals surface area contributed by atoms with E-state index in [1.165, 1.54) is 19.3 Å². The standard InChI is InChI=1S/C16H26O4/c1-13(2)16(18)19-12-8-4-7-11-15(17)20-14-9-5-3-6-10-14/h14H,1,3-12H2,2H3. The fraction of sp³-hybridized carbons (Fsp3) is 0.750. The van der Waals surface area contributed by atoms with E-state index >= 15 is 0 Å². The molecule has 0 spiro atoms. The summed E-state index contributed by atoms with van der Waals surface area (Å²) in [5, 5.41) is 0. The molecule has 1 saturated carbocycles. The maximum Gasteiger partial charge on any atom is 0.333 e. The van der Waals surface area contributed by atoms with Gasteiger partial charge in [-0.15, -0.1) is 0 Å². The molecule has 0 heterocycles. The average Bonchev–Trinajstić information content (AvgIpc) is 2.43. The molecule has 0 aromatic rings. The van der Waals surface area contributed by atoms with Crippen LogP contribution in [0.4, 0.5) is 0 Å². The molecular formula is C16H26O4. The van der Waals surface area contributed by atoms with Crippen LogP contribution in [0.5, 0.6) is 0 Å². The van der Waals surface area contributed by atoms with E-state index < -0.39 is 0 Å². The number of ether oxygens (including phenoxy) is 2. The van der Waals surface area contributed by atoms with Gasteiger partial charge in [-0.2, -0.15) is 0 Å². The summed E-state index contributed by atoms with van der Waals surface area (Å²) in [6.07, 6.45) is 8.67. The minimum absolute atomic E-state index is 0.0872. The van der Waals surface area contributed by atoms with Gasteiger partial charge in [0.25, 0.3) is 0 Å². The average molecular weight is 282 g/mol. The Labute approximate surface area is 121 Å². The topological polar surface area (TPSA) is 52.6 Å². The Bertz CT molecular complexity index is 329. The fourth-order valence-electron chi connectivity index (χ4n) is 2.26. The Kier molecular flexibility index (Phi) is 8.00. The van der Waals surface area contributed by atoms with Gasteiger partial charge in [-0.05, 0) is 51.9 Å². The van der Waals surface area contributed by atoms with Crippen LogP contribution < -0.4 is 0 Å². The van der Waals surface area contributed by atoms with E-state index in [1.54, 1.807) is 6.92 Å². The number of carbonyl (C=O) groups excluding carboxylic acids is 2. The minimum atomic E-state index is -0.346. The van der Waals surface area contributed by atoms with Crippen LogP contribution >= 0.6 is 0 Å². The second-order valence-corrected chi connectivity index (χ2v) is 5.48. The van der Waals surface area contributed by atoms with E-state index in [2.05, 4.69) is 6.58 Å². The Morgan fingerprint density at radius 3 is 2.45 bits per heavy atom. The van der Waals surface area contributed by atoms with Crippen molar-refractivity contribution in [3.05, 3.63) is 12.2 Å². The first kappa shape index (κ1) is 16.7. The van der Waals surface area contributed by atoms with Gasteiger partial charge in [0.15, 0.2) is 0 Å². The van der Waals surface area contributed by atoms with Crippen molar-refractivity contribution in [1.82, 2.24) is 0 Å². The van der Waals surface area contributed by atoms with Crippen LogP contribution in [0.1, 0.15) is 64.7 Å². The fourth-order valence-corrected chi connectivity index (χ4v) is 2.26. The first-order chi connectivity index (χ1) is 9.59. The predicted molar refractivity (Wildman–Crippen MR) is 77.2 cm³/mol. The number of unbranched alkanes of at least 4 members (excludes halogenated alkanes) is 2. The predicted octanol–water partition coefficient (Wildman–Crippen LogP) is 3.54. The third-order valence-electron chi connectivity index (χ3n) is 3.46. The highest BCUT2D eigenvalue weighted by Crippen LogP contribution is 2.20. The Morgan fingerprint density at radius 2 is 1.80 bits per heavy atom. The van der Waals surface area contributed by atoms with Crippen LogP contribution in [0.15, 0.2) is 12.2 Å². The highest BCUT2D eigenvalue weighted by Gasteiger charge is 2.17. The first-order valence-corrected chi connectivity index (χ1v) is 7.61. The number of hydrogen-bond acceptors (Lipinski definition) is 4. The highest BCUT2D eigenvalue weighted by atomic mass is 16.5. The van der Waals surface area contributed by atoms with E-state index in [0.717, 1.165) is 32.1 Å². The zero-order valence-electron chi connectivity index (χ0n) is 12.5. The zero-order chi connectivity index (χ0) is 14.8. The molecule has 1 rings (SSSR count). The molecule has 0 amide bonds. The smallest absolute Gasteiger partial charge is 0.333 e. The molecular weight excluding hydrogens is 256 g/mol. The molecule has 0 aromatic carbocycles. The molecule has 1 fully saturated rings. The van der Waals surface area contributed by atoms with Gasteiger partial charge in [0.2, 0.25) is 0 Å². The maximum absolute atomic E-state index is 11.6. The highest BCUT2D eigenvalue weighted by molar-refractivity contribution is 5.86. The van der Waals surface area contributed by atoms with Gasteiger partial charge in [-0.3, -0.25) is 4.79 Å². The maximum atomic E-state index is 11.6. The Morgan fingerprint density at radius 1 is 1.10 bits per heavy atom. The van der Waals surface area contributed by atoms with Crippen LogP contribution in [-0.2, 0) is 19.1 Å². The molecule has 4 nitrogen and oxygen atoms in total. The van der Waals surface area contributed by atoms with Gasteiger partial charge in [0, 0.05) is 12.0 Å². The summed E-state index contributed by atoms with van der Waals surface area (Å²) in [7, 11) is 0. The van der Waals surface area contributed by atoms with E-state index in [1.807, 2.05) is 0 Å². The molecule has 0 aliphatic heterocycles. The lowest BCUT2D eigenvalue weighted by Crippen LogP contribution is -2.20. The van der Waals surface area contributed by atoms with Crippen molar-refractivity contribution in [2.24, 2.45) is 0 Å². The Balaban J connectivity index is 1.96. The van der Waals surface area contributed by atoms with Crippen molar-refractivity contribution >= 4 is 11.9 Å². The summed E-state index contributed by atoms with van der Waals surface area (Å²) in [4.78, 5) is 22.7. The zero-order valence-corrected chi connectivity index (χ0v) is 12.5. The molecule has 0 atom stereocenters. The van der Waals surface area contributed by atoms with Crippen molar-refractivity contribution < 1.29 is 19.1 Å². The minimum Gasteiger partial charge on any atom is -0.462 e. The molecule has 0 bridgehead atoms. The van der Waals surface area contributed by atoms with Crippen molar-refractivity contribution in [3.8, 4) is 0 Å². The van der Waals surface area contributed by atoms with Crippen LogP contribution in [-0.4, -0.2) is 24.6 Å². The van der Waals surface area contributed by atoms with Gasteiger partial charge in [0.05, 0.1) is 6.61 Å². The molecule has 0 aromatic heterocycles. The molecule has 0 N–H and O–H groups in total. The van der Waals surface area contributed by atoms with Crippen molar-refractivity contribution in [2.45, 2.75) is 70.8 Å². The molecule has 20 heavy (non-hydrogen) atoms. The van der Waals surface area contributed by atoms with Crippen molar-refractivity contribution in [1.29, 1.82) is 0 Å². The number of hydrogen-bond donors (Lipinski definition) is 0. The van der Waals surface area contributed by atoms with E-state index in [4.69, 9.17) is 9.47 Å². The SMILES string of the molecule is C=C(C)C(=O)OCCCCCC(=O)OC1CCCCC1. The second-order valence-electron chi connectivity index (χ2n) is 5.48. The third-order valence-corrected chi connectivity index (χ3v) is 3.46. The lowest BCUT2D eigenvalue weighted by Gasteiger charge is -2.21. The Hall–Kier alpha value is -1.32. The van der Waals surface area contributed by atoms with Gasteiger partial charge in [0.1, 0.15) is 6.10 Å². The largest absolute Gasteiger partial charge is 0.462 e. The molecule has 0 saturated heterocycles. The van der Waals surface area contributed by atoms with E-state index in [0.29, 0.717) is 18.6 Å². The van der Waals surface area contributed by atoms with Gasteiger partial charge < -0.3 is 9.47 Å². The quantitative estimate of drug-likeness (QED) is 0.388. The van der Waals surface area contributed by atoms with Crippen LogP contribution in [0.25, 0.3) is 0 Å². The van der Waals surface area contributed by atoms with Crippen LogP contribution in [0, 0.1) is 0 Å². The van der Waals surface area contributed by atoms with Crippen molar-refractivity contribution in [3.63, 3.8) is 0 Å². The van der Waals surface area contributed by atoms with Crippen LogP contribution in [0.3, 0.4) is 0 Å². The third kappa shape index (κ3) is 7.31. The molecule has 1 aliphatic carbocycles. The molecule has 114 valence electrons. The lowest BCUT2D eigenvalue weighted by molar-refractivity contribution is -0.150.